The van der Waals surface area contributed by atoms with Crippen LogP contribution in [0.2, 0.25) is 0 Å². The van der Waals surface area contributed by atoms with E-state index in [1.165, 1.54) is 0 Å². The molecule has 4 nitrogen and oxygen atoms in total. The normalized spacial score (nSPS) is 33.2. The maximum absolute atomic E-state index is 13.0. The molecule has 2 fully saturated rings. The number of carbonyl (C=O) groups excluding carboxylic acids is 1. The molecule has 0 radical (unpaired) electrons. The Morgan fingerprint density at radius 1 is 1.10 bits per heavy atom. The molecule has 2 aliphatic carbocycles. The van der Waals surface area contributed by atoms with Crippen LogP contribution in [0.1, 0.15) is 19.3 Å². The highest BCUT2D eigenvalue weighted by Gasteiger charge is 2.83. The zero-order chi connectivity index (χ0) is 14.0. The molecule has 5 heteroatoms. The van der Waals surface area contributed by atoms with Crippen molar-refractivity contribution < 1.29 is 17.9 Å². The fraction of sp³-hybridized carbons (Fsp3) is 0.400. The van der Waals surface area contributed by atoms with E-state index in [0.29, 0.717) is 19.3 Å². The maximum Gasteiger partial charge on any atom is 0.311 e. The number of fused-ring (bicyclic) bond motifs is 2. The van der Waals surface area contributed by atoms with Gasteiger partial charge < -0.3 is 4.74 Å². The second-order valence-corrected chi connectivity index (χ2v) is 7.96. The fourth-order valence-corrected chi connectivity index (χ4v) is 6.27. The average Bonchev–Trinajstić information content (AvgIpc) is 3.01. The van der Waals surface area contributed by atoms with Gasteiger partial charge in [-0.15, -0.1) is 0 Å². The van der Waals surface area contributed by atoms with Gasteiger partial charge in [-0.1, -0.05) is 30.4 Å². The van der Waals surface area contributed by atoms with Crippen LogP contribution in [0.3, 0.4) is 0 Å². The number of hydrogen-bond donors (Lipinski definition) is 0. The van der Waals surface area contributed by atoms with Crippen LogP contribution in [0, 0.1) is 5.92 Å². The first-order valence-corrected chi connectivity index (χ1v) is 8.19. The summed E-state index contributed by atoms with van der Waals surface area (Å²) in [7, 11) is -3.57. The molecule has 3 aliphatic rings. The SMILES string of the molecule is O=C1OC2(CC=CC2)[C@]2(S(=O)(=O)c3ccccc3)C[C@H]12. The van der Waals surface area contributed by atoms with E-state index in [9.17, 15) is 13.2 Å². The van der Waals surface area contributed by atoms with E-state index < -0.39 is 26.1 Å². The first-order chi connectivity index (χ1) is 9.54. The van der Waals surface area contributed by atoms with Crippen molar-refractivity contribution in [1.82, 2.24) is 0 Å². The Morgan fingerprint density at radius 2 is 1.75 bits per heavy atom. The van der Waals surface area contributed by atoms with Gasteiger partial charge in [-0.2, -0.15) is 0 Å². The van der Waals surface area contributed by atoms with Crippen molar-refractivity contribution in [2.45, 2.75) is 34.5 Å². The molecule has 0 N–H and O–H groups in total. The molecular weight excluding hydrogens is 276 g/mol. The minimum Gasteiger partial charge on any atom is -0.456 e. The van der Waals surface area contributed by atoms with Gasteiger partial charge in [0.1, 0.15) is 10.3 Å². The minimum absolute atomic E-state index is 0.284. The Balaban J connectivity index is 1.88. The van der Waals surface area contributed by atoms with Gasteiger partial charge in [-0.05, 0) is 18.6 Å². The summed E-state index contributed by atoms with van der Waals surface area (Å²) < 4.78 is 30.5. The average molecular weight is 290 g/mol. The number of rotatable bonds is 2. The highest BCUT2D eigenvalue weighted by atomic mass is 32.2. The van der Waals surface area contributed by atoms with Crippen molar-refractivity contribution in [1.29, 1.82) is 0 Å². The molecule has 0 amide bonds. The van der Waals surface area contributed by atoms with E-state index in [1.807, 2.05) is 12.2 Å². The lowest BCUT2D eigenvalue weighted by Crippen LogP contribution is -2.47. The quantitative estimate of drug-likeness (QED) is 0.616. The van der Waals surface area contributed by atoms with Gasteiger partial charge in [0, 0.05) is 12.8 Å². The van der Waals surface area contributed by atoms with Crippen LogP contribution in [0.15, 0.2) is 47.4 Å². The highest BCUT2D eigenvalue weighted by Crippen LogP contribution is 2.68. The smallest absolute Gasteiger partial charge is 0.311 e. The van der Waals surface area contributed by atoms with Gasteiger partial charge in [0.15, 0.2) is 9.84 Å². The molecule has 1 aromatic carbocycles. The zero-order valence-electron chi connectivity index (χ0n) is 10.8. The van der Waals surface area contributed by atoms with Crippen molar-refractivity contribution in [2.24, 2.45) is 5.92 Å². The summed E-state index contributed by atoms with van der Waals surface area (Å²) in [5.41, 5.74) is -0.872. The largest absolute Gasteiger partial charge is 0.456 e. The lowest BCUT2D eigenvalue weighted by molar-refractivity contribution is -0.152. The Kier molecular flexibility index (Phi) is 2.14. The molecule has 1 saturated carbocycles. The van der Waals surface area contributed by atoms with Crippen LogP contribution in [-0.4, -0.2) is 24.7 Å². The molecule has 1 heterocycles. The zero-order valence-corrected chi connectivity index (χ0v) is 11.6. The van der Waals surface area contributed by atoms with Crippen LogP contribution in [0.5, 0.6) is 0 Å². The third-order valence-electron chi connectivity index (χ3n) is 4.86. The Morgan fingerprint density at radius 3 is 2.35 bits per heavy atom. The minimum atomic E-state index is -3.57. The van der Waals surface area contributed by atoms with Gasteiger partial charge in [-0.25, -0.2) is 8.42 Å². The molecule has 0 unspecified atom stereocenters. The Labute approximate surface area is 117 Å². The molecule has 4 rings (SSSR count). The second-order valence-electron chi connectivity index (χ2n) is 5.76. The third-order valence-corrected chi connectivity index (χ3v) is 7.53. The van der Waals surface area contributed by atoms with E-state index in [-0.39, 0.29) is 10.9 Å². The van der Waals surface area contributed by atoms with E-state index in [4.69, 9.17) is 4.74 Å². The summed E-state index contributed by atoms with van der Waals surface area (Å²) >= 11 is 0. The Bertz CT molecular complexity index is 712. The summed E-state index contributed by atoms with van der Waals surface area (Å²) in [5.74, 6) is -0.846. The lowest BCUT2D eigenvalue weighted by atomic mass is 9.94. The second kappa shape index (κ2) is 3.52. The van der Waals surface area contributed by atoms with Crippen LogP contribution in [0.4, 0.5) is 0 Å². The van der Waals surface area contributed by atoms with Gasteiger partial charge in [0.2, 0.25) is 0 Å². The molecule has 1 spiro atoms. The highest BCUT2D eigenvalue weighted by molar-refractivity contribution is 7.93. The van der Waals surface area contributed by atoms with Crippen molar-refractivity contribution in [2.75, 3.05) is 0 Å². The van der Waals surface area contributed by atoms with Gasteiger partial charge in [0.25, 0.3) is 0 Å². The van der Waals surface area contributed by atoms with Crippen molar-refractivity contribution >= 4 is 15.8 Å². The summed E-state index contributed by atoms with van der Waals surface area (Å²) in [6.45, 7) is 0. The van der Waals surface area contributed by atoms with Gasteiger partial charge in [-0.3, -0.25) is 4.79 Å². The number of sulfone groups is 1. The van der Waals surface area contributed by atoms with E-state index >= 15 is 0 Å². The lowest BCUT2D eigenvalue weighted by Gasteiger charge is -2.32. The summed E-state index contributed by atoms with van der Waals surface area (Å²) in [6, 6.07) is 8.39. The maximum atomic E-state index is 13.0. The molecule has 2 atom stereocenters. The van der Waals surface area contributed by atoms with E-state index in [2.05, 4.69) is 0 Å². The van der Waals surface area contributed by atoms with Crippen molar-refractivity contribution in [3.8, 4) is 0 Å². The predicted molar refractivity (Wildman–Crippen MR) is 71.7 cm³/mol. The van der Waals surface area contributed by atoms with Crippen molar-refractivity contribution in [3.05, 3.63) is 42.5 Å². The standard InChI is InChI=1S/C15H14O4S/c16-13-12-10-15(12,14(19-13)8-4-5-9-14)20(17,18)11-6-2-1-3-7-11/h1-7,12H,8-10H2/t12-,15+/m1/s1. The molecule has 0 bridgehead atoms. The summed E-state index contributed by atoms with van der Waals surface area (Å²) in [6.07, 6.45) is 5.22. The van der Waals surface area contributed by atoms with Crippen LogP contribution in [-0.2, 0) is 19.4 Å². The van der Waals surface area contributed by atoms with Crippen LogP contribution < -0.4 is 0 Å². The summed E-state index contributed by atoms with van der Waals surface area (Å²) in [5, 5.41) is 0. The topological polar surface area (TPSA) is 60.4 Å². The first-order valence-electron chi connectivity index (χ1n) is 6.71. The Hall–Kier alpha value is -1.62. The van der Waals surface area contributed by atoms with Gasteiger partial charge >= 0.3 is 5.97 Å². The van der Waals surface area contributed by atoms with Crippen LogP contribution in [0.25, 0.3) is 0 Å². The fourth-order valence-electron chi connectivity index (χ4n) is 3.78. The number of hydrogen-bond acceptors (Lipinski definition) is 4. The monoisotopic (exact) mass is 290 g/mol. The molecule has 1 aliphatic heterocycles. The molecule has 1 aromatic rings. The predicted octanol–water partition coefficient (Wildman–Crippen LogP) is 1.86. The third kappa shape index (κ3) is 1.18. The number of esters is 1. The number of ether oxygens (including phenoxy) is 1. The molecule has 104 valence electrons. The van der Waals surface area contributed by atoms with E-state index in [1.54, 1.807) is 30.3 Å². The first kappa shape index (κ1) is 12.1. The van der Waals surface area contributed by atoms with Crippen molar-refractivity contribution in [3.63, 3.8) is 0 Å². The molecule has 1 saturated heterocycles. The molecule has 0 aromatic heterocycles. The summed E-state index contributed by atoms with van der Waals surface area (Å²) in [4.78, 5) is 12.2. The van der Waals surface area contributed by atoms with E-state index in [0.717, 1.165) is 0 Å². The number of carbonyl (C=O) groups is 1. The van der Waals surface area contributed by atoms with Crippen LogP contribution >= 0.6 is 0 Å². The van der Waals surface area contributed by atoms with Gasteiger partial charge in [0.05, 0.1) is 10.8 Å². The molecular formula is C15H14O4S. The molecule has 20 heavy (non-hydrogen) atoms. The number of benzene rings is 1.